The van der Waals surface area contributed by atoms with Crippen LogP contribution in [-0.4, -0.2) is 56.4 Å². The molecule has 1 atom stereocenters. The molecule has 4 rings (SSSR count). The van der Waals surface area contributed by atoms with E-state index >= 15 is 0 Å². The number of carbonyl (C=O) groups is 1. The van der Waals surface area contributed by atoms with E-state index in [-0.39, 0.29) is 11.7 Å². The van der Waals surface area contributed by atoms with E-state index in [1.807, 2.05) is 29.2 Å². The molecule has 0 radical (unpaired) electrons. The molecule has 2 aromatic rings. The van der Waals surface area contributed by atoms with Gasteiger partial charge in [0.15, 0.2) is 6.10 Å². The number of rotatable bonds is 5. The fourth-order valence-corrected chi connectivity index (χ4v) is 3.62. The van der Waals surface area contributed by atoms with Crippen molar-refractivity contribution in [3.05, 3.63) is 54.1 Å². The number of morpholine rings is 1. The Morgan fingerprint density at radius 2 is 1.83 bits per heavy atom. The lowest BCUT2D eigenvalue weighted by Gasteiger charge is -2.38. The number of nitrogens with zero attached hydrogens (tertiary/aromatic N) is 2. The highest BCUT2D eigenvalue weighted by Crippen LogP contribution is 2.35. The second-order valence-corrected chi connectivity index (χ2v) is 6.88. The van der Waals surface area contributed by atoms with Gasteiger partial charge in [0.05, 0.1) is 25.4 Å². The van der Waals surface area contributed by atoms with Crippen molar-refractivity contribution >= 4 is 11.6 Å². The number of para-hydroxylation sites is 3. The molecule has 1 fully saturated rings. The number of ether oxygens (including phenoxy) is 3. The molecule has 2 aliphatic rings. The van der Waals surface area contributed by atoms with Crippen molar-refractivity contribution in [2.45, 2.75) is 19.3 Å². The van der Waals surface area contributed by atoms with Gasteiger partial charge in [-0.1, -0.05) is 30.3 Å². The lowest BCUT2D eigenvalue weighted by Crippen LogP contribution is -2.52. The number of anilines is 1. The number of hydrogen-bond donors (Lipinski definition) is 0. The highest BCUT2D eigenvalue weighted by Gasteiger charge is 2.34. The topological polar surface area (TPSA) is 51.2 Å². The molecule has 0 bridgehead atoms. The predicted octanol–water partition coefficient (Wildman–Crippen LogP) is 2.91. The maximum atomic E-state index is 13.0. The lowest BCUT2D eigenvalue weighted by molar-refractivity contribution is -0.142. The smallest absolute Gasteiger partial charge is 0.387 e. The van der Waals surface area contributed by atoms with Crippen LogP contribution in [0.5, 0.6) is 11.5 Å². The molecule has 154 valence electrons. The summed E-state index contributed by atoms with van der Waals surface area (Å²) in [5, 5.41) is 0. The third-order valence-corrected chi connectivity index (χ3v) is 5.01. The number of fused-ring (bicyclic) bond motifs is 1. The minimum absolute atomic E-state index is 0.0927. The van der Waals surface area contributed by atoms with E-state index in [1.54, 1.807) is 23.1 Å². The van der Waals surface area contributed by atoms with Crippen molar-refractivity contribution in [1.29, 1.82) is 0 Å². The Balaban J connectivity index is 1.58. The predicted molar refractivity (Wildman–Crippen MR) is 102 cm³/mol. The highest BCUT2D eigenvalue weighted by atomic mass is 19.3. The van der Waals surface area contributed by atoms with Gasteiger partial charge in [0, 0.05) is 25.2 Å². The first-order valence-corrected chi connectivity index (χ1v) is 9.51. The van der Waals surface area contributed by atoms with Crippen molar-refractivity contribution in [3.63, 3.8) is 0 Å². The third kappa shape index (κ3) is 4.42. The Bertz CT molecular complexity index is 858. The molecule has 1 unspecified atom stereocenters. The number of amides is 1. The van der Waals surface area contributed by atoms with E-state index in [0.29, 0.717) is 50.7 Å². The molecular weight excluding hydrogens is 382 g/mol. The van der Waals surface area contributed by atoms with Crippen molar-refractivity contribution in [2.24, 2.45) is 0 Å². The van der Waals surface area contributed by atoms with Crippen LogP contribution in [0.1, 0.15) is 5.56 Å². The van der Waals surface area contributed by atoms with Gasteiger partial charge in [0.25, 0.3) is 5.91 Å². The van der Waals surface area contributed by atoms with Gasteiger partial charge >= 0.3 is 6.61 Å². The minimum atomic E-state index is -2.90. The standard InChI is InChI=1S/C21H22F2N2O4/c22-21(23)29-17-7-3-1-5-15(17)13-25-14-19(20(26)24-9-11-27-12-10-24)28-18-8-4-2-6-16(18)25/h1-8,19,21H,9-14H2. The van der Waals surface area contributed by atoms with Crippen molar-refractivity contribution in [3.8, 4) is 11.5 Å². The van der Waals surface area contributed by atoms with Crippen LogP contribution in [0.2, 0.25) is 0 Å². The third-order valence-electron chi connectivity index (χ3n) is 5.01. The van der Waals surface area contributed by atoms with Crippen LogP contribution in [0.4, 0.5) is 14.5 Å². The minimum Gasteiger partial charge on any atom is -0.477 e. The van der Waals surface area contributed by atoms with Crippen LogP contribution in [0, 0.1) is 0 Å². The number of halogens is 2. The van der Waals surface area contributed by atoms with Crippen LogP contribution in [0.15, 0.2) is 48.5 Å². The van der Waals surface area contributed by atoms with Gasteiger partial charge in [0.2, 0.25) is 0 Å². The Labute approximate surface area is 167 Å². The fraction of sp³-hybridized carbons (Fsp3) is 0.381. The average molecular weight is 404 g/mol. The number of benzene rings is 2. The molecule has 0 spiro atoms. The molecule has 0 N–H and O–H groups in total. The molecule has 2 aliphatic heterocycles. The summed E-state index contributed by atoms with van der Waals surface area (Å²) in [4.78, 5) is 16.7. The monoisotopic (exact) mass is 404 g/mol. The van der Waals surface area contributed by atoms with Crippen molar-refractivity contribution in [1.82, 2.24) is 4.90 Å². The molecule has 29 heavy (non-hydrogen) atoms. The molecule has 0 aliphatic carbocycles. The van der Waals surface area contributed by atoms with E-state index in [4.69, 9.17) is 9.47 Å². The maximum Gasteiger partial charge on any atom is 0.387 e. The van der Waals surface area contributed by atoms with Crippen LogP contribution in [0.25, 0.3) is 0 Å². The Morgan fingerprint density at radius 1 is 1.10 bits per heavy atom. The van der Waals surface area contributed by atoms with Gasteiger partial charge in [-0.2, -0.15) is 8.78 Å². The Kier molecular flexibility index (Phi) is 5.80. The summed E-state index contributed by atoms with van der Waals surface area (Å²) >= 11 is 0. The van der Waals surface area contributed by atoms with E-state index in [1.165, 1.54) is 6.07 Å². The fourth-order valence-electron chi connectivity index (χ4n) is 3.62. The van der Waals surface area contributed by atoms with E-state index in [9.17, 15) is 13.6 Å². The van der Waals surface area contributed by atoms with E-state index in [0.717, 1.165) is 5.69 Å². The highest BCUT2D eigenvalue weighted by molar-refractivity contribution is 5.83. The van der Waals surface area contributed by atoms with Gasteiger partial charge in [0.1, 0.15) is 11.5 Å². The largest absolute Gasteiger partial charge is 0.477 e. The van der Waals surface area contributed by atoms with Gasteiger partial charge in [-0.05, 0) is 18.2 Å². The van der Waals surface area contributed by atoms with Gasteiger partial charge in [-0.25, -0.2) is 0 Å². The lowest BCUT2D eigenvalue weighted by atomic mass is 10.1. The normalized spacial score (nSPS) is 18.9. The van der Waals surface area contributed by atoms with Gasteiger partial charge in [-0.15, -0.1) is 0 Å². The molecule has 6 nitrogen and oxygen atoms in total. The molecule has 1 saturated heterocycles. The molecule has 2 heterocycles. The first kappa shape index (κ1) is 19.4. The van der Waals surface area contributed by atoms with Gasteiger partial charge < -0.3 is 24.0 Å². The van der Waals surface area contributed by atoms with Crippen LogP contribution in [0.3, 0.4) is 0 Å². The van der Waals surface area contributed by atoms with Crippen LogP contribution >= 0.6 is 0 Å². The van der Waals surface area contributed by atoms with Crippen LogP contribution < -0.4 is 14.4 Å². The zero-order valence-corrected chi connectivity index (χ0v) is 15.8. The molecule has 1 amide bonds. The average Bonchev–Trinajstić information content (AvgIpc) is 2.75. The molecule has 0 saturated carbocycles. The maximum absolute atomic E-state index is 13.0. The molecule has 8 heteroatoms. The summed E-state index contributed by atoms with van der Waals surface area (Å²) in [6, 6.07) is 14.1. The second kappa shape index (κ2) is 8.65. The Morgan fingerprint density at radius 3 is 2.62 bits per heavy atom. The Hall–Kier alpha value is -2.87. The molecule has 2 aromatic carbocycles. The van der Waals surface area contributed by atoms with Gasteiger partial charge in [-0.3, -0.25) is 4.79 Å². The zero-order valence-electron chi connectivity index (χ0n) is 15.8. The quantitative estimate of drug-likeness (QED) is 0.767. The first-order valence-electron chi connectivity index (χ1n) is 9.51. The summed E-state index contributed by atoms with van der Waals surface area (Å²) in [5.41, 5.74) is 1.42. The first-order chi connectivity index (χ1) is 14.1. The summed E-state index contributed by atoms with van der Waals surface area (Å²) in [6.07, 6.45) is -0.675. The number of hydrogen-bond acceptors (Lipinski definition) is 5. The SMILES string of the molecule is O=C(C1CN(Cc2ccccc2OC(F)F)c2ccccc2O1)N1CCOCC1. The zero-order chi connectivity index (χ0) is 20.2. The summed E-state index contributed by atoms with van der Waals surface area (Å²) in [7, 11) is 0. The van der Waals surface area contributed by atoms with Crippen molar-refractivity contribution < 1.29 is 27.8 Å². The summed E-state index contributed by atoms with van der Waals surface area (Å²) in [5.74, 6) is 0.630. The summed E-state index contributed by atoms with van der Waals surface area (Å²) in [6.45, 7) is -0.180. The second-order valence-electron chi connectivity index (χ2n) is 6.88. The number of alkyl halides is 2. The molecular formula is C21H22F2N2O4. The van der Waals surface area contributed by atoms with Crippen LogP contribution in [-0.2, 0) is 16.1 Å². The summed E-state index contributed by atoms with van der Waals surface area (Å²) < 4.78 is 41.5. The van der Waals surface area contributed by atoms with Crippen molar-refractivity contribution in [2.75, 3.05) is 37.7 Å². The van der Waals surface area contributed by atoms with E-state index in [2.05, 4.69) is 4.74 Å². The number of carbonyl (C=O) groups excluding carboxylic acids is 1. The molecule has 0 aromatic heterocycles. The van der Waals surface area contributed by atoms with E-state index < -0.39 is 12.7 Å².